The van der Waals surface area contributed by atoms with Crippen LogP contribution in [0.4, 0.5) is 0 Å². The summed E-state index contributed by atoms with van der Waals surface area (Å²) in [5, 5.41) is 16.3. The molecule has 1 unspecified atom stereocenters. The summed E-state index contributed by atoms with van der Waals surface area (Å²) < 4.78 is 4.26. The molecule has 2 aromatic heterocycles. The molecule has 1 N–H and O–H groups in total. The lowest BCUT2D eigenvalue weighted by Gasteiger charge is -2.23. The highest BCUT2D eigenvalue weighted by atomic mass is 15.3. The van der Waals surface area contributed by atoms with Crippen molar-refractivity contribution in [1.82, 2.24) is 29.9 Å². The van der Waals surface area contributed by atoms with E-state index in [1.807, 2.05) is 6.33 Å². The van der Waals surface area contributed by atoms with Crippen LogP contribution in [0.25, 0.3) is 0 Å². The van der Waals surface area contributed by atoms with E-state index in [1.165, 1.54) is 17.7 Å². The molecule has 0 bridgehead atoms. The molecule has 2 aromatic rings. The van der Waals surface area contributed by atoms with E-state index < -0.39 is 0 Å². The molecule has 3 heterocycles. The second-order valence-corrected chi connectivity index (χ2v) is 5.90. The number of nitrogens with zero attached hydrogens (tertiary/aromatic N) is 5. The van der Waals surface area contributed by atoms with Gasteiger partial charge in [-0.05, 0) is 39.7 Å². The Kier molecular flexibility index (Phi) is 4.05. The molecule has 0 aromatic carbocycles. The first kappa shape index (κ1) is 14.3. The molecule has 6 nitrogen and oxygen atoms in total. The van der Waals surface area contributed by atoms with E-state index in [0.717, 1.165) is 44.1 Å². The van der Waals surface area contributed by atoms with Gasteiger partial charge in [-0.2, -0.15) is 5.10 Å². The Hall–Kier alpha value is -1.69. The summed E-state index contributed by atoms with van der Waals surface area (Å²) in [5.41, 5.74) is 3.77. The van der Waals surface area contributed by atoms with Crippen LogP contribution in [0.3, 0.4) is 0 Å². The Balaban J connectivity index is 1.54. The van der Waals surface area contributed by atoms with E-state index in [2.05, 4.69) is 50.6 Å². The van der Waals surface area contributed by atoms with Gasteiger partial charge in [0.2, 0.25) is 0 Å². The van der Waals surface area contributed by atoms with Crippen molar-refractivity contribution in [1.29, 1.82) is 0 Å². The zero-order valence-electron chi connectivity index (χ0n) is 13.1. The van der Waals surface area contributed by atoms with Gasteiger partial charge in [0, 0.05) is 37.3 Å². The van der Waals surface area contributed by atoms with Crippen molar-refractivity contribution in [3.05, 3.63) is 29.1 Å². The van der Waals surface area contributed by atoms with E-state index >= 15 is 0 Å². The Bertz CT molecular complexity index is 612. The van der Waals surface area contributed by atoms with Crippen molar-refractivity contribution >= 4 is 0 Å². The van der Waals surface area contributed by atoms with Crippen molar-refractivity contribution in [3.8, 4) is 0 Å². The lowest BCUT2D eigenvalue weighted by Crippen LogP contribution is -2.30. The van der Waals surface area contributed by atoms with Gasteiger partial charge in [-0.15, -0.1) is 10.2 Å². The third kappa shape index (κ3) is 2.85. The smallest absolute Gasteiger partial charge is 0.132 e. The van der Waals surface area contributed by atoms with Gasteiger partial charge in [0.25, 0.3) is 0 Å². The highest BCUT2D eigenvalue weighted by Crippen LogP contribution is 2.18. The predicted octanol–water partition coefficient (Wildman–Crippen LogP) is 1.46. The molecule has 0 saturated carbocycles. The van der Waals surface area contributed by atoms with E-state index in [4.69, 9.17) is 0 Å². The highest BCUT2D eigenvalue weighted by molar-refractivity contribution is 5.24. The Labute approximate surface area is 125 Å². The molecule has 0 spiro atoms. The molecule has 0 aliphatic carbocycles. The minimum absolute atomic E-state index is 0.662. The monoisotopic (exact) mass is 288 g/mol. The molecule has 1 aliphatic heterocycles. The average Bonchev–Trinajstić information content (AvgIpc) is 3.05. The zero-order chi connectivity index (χ0) is 14.8. The largest absolute Gasteiger partial charge is 0.317 e. The molecule has 1 aliphatic rings. The molecule has 0 saturated heterocycles. The summed E-state index contributed by atoms with van der Waals surface area (Å²) in [7, 11) is 0. The number of aromatic nitrogens is 5. The fraction of sp³-hybridized carbons (Fsp3) is 0.667. The summed E-state index contributed by atoms with van der Waals surface area (Å²) in [6, 6.07) is 0. The number of hydrogen-bond donors (Lipinski definition) is 1. The molecule has 0 radical (unpaired) electrons. The number of rotatable bonds is 5. The summed E-state index contributed by atoms with van der Waals surface area (Å²) in [5.74, 6) is 1.79. The second kappa shape index (κ2) is 5.97. The van der Waals surface area contributed by atoms with E-state index in [-0.39, 0.29) is 0 Å². The SMILES string of the molecule is CCn1nc(C)c(CNCC2CCc3nncn3C2)c1C. The van der Waals surface area contributed by atoms with Gasteiger partial charge in [-0.1, -0.05) is 0 Å². The lowest BCUT2D eigenvalue weighted by atomic mass is 9.99. The van der Waals surface area contributed by atoms with Crippen LogP contribution in [0.5, 0.6) is 0 Å². The quantitative estimate of drug-likeness (QED) is 0.905. The molecule has 3 rings (SSSR count). The molecule has 114 valence electrons. The fourth-order valence-corrected chi connectivity index (χ4v) is 3.19. The fourth-order valence-electron chi connectivity index (χ4n) is 3.19. The number of aryl methyl sites for hydroxylation is 3. The van der Waals surface area contributed by atoms with Crippen LogP contribution in [0.15, 0.2) is 6.33 Å². The summed E-state index contributed by atoms with van der Waals surface area (Å²) in [6.07, 6.45) is 4.08. The summed E-state index contributed by atoms with van der Waals surface area (Å²) in [6.45, 7) is 10.3. The maximum Gasteiger partial charge on any atom is 0.132 e. The van der Waals surface area contributed by atoms with Crippen LogP contribution in [-0.2, 0) is 26.1 Å². The van der Waals surface area contributed by atoms with Crippen molar-refractivity contribution in [2.45, 2.75) is 53.2 Å². The molecule has 0 fully saturated rings. The maximum absolute atomic E-state index is 4.57. The normalized spacial score (nSPS) is 18.0. The van der Waals surface area contributed by atoms with Crippen molar-refractivity contribution in [2.75, 3.05) is 6.54 Å². The van der Waals surface area contributed by atoms with Crippen LogP contribution >= 0.6 is 0 Å². The van der Waals surface area contributed by atoms with Gasteiger partial charge in [0.15, 0.2) is 0 Å². The van der Waals surface area contributed by atoms with Crippen LogP contribution < -0.4 is 5.32 Å². The molecular weight excluding hydrogens is 264 g/mol. The predicted molar refractivity (Wildman–Crippen MR) is 80.9 cm³/mol. The maximum atomic E-state index is 4.57. The third-order valence-electron chi connectivity index (χ3n) is 4.49. The van der Waals surface area contributed by atoms with Crippen LogP contribution in [0.1, 0.15) is 36.1 Å². The van der Waals surface area contributed by atoms with E-state index in [9.17, 15) is 0 Å². The van der Waals surface area contributed by atoms with Gasteiger partial charge in [-0.25, -0.2) is 0 Å². The lowest BCUT2D eigenvalue weighted by molar-refractivity contribution is 0.347. The number of fused-ring (bicyclic) bond motifs is 1. The van der Waals surface area contributed by atoms with Crippen LogP contribution in [-0.4, -0.2) is 31.1 Å². The van der Waals surface area contributed by atoms with Gasteiger partial charge in [-0.3, -0.25) is 4.68 Å². The van der Waals surface area contributed by atoms with Crippen LogP contribution in [0, 0.1) is 19.8 Å². The van der Waals surface area contributed by atoms with Gasteiger partial charge < -0.3 is 9.88 Å². The number of hydrogen-bond acceptors (Lipinski definition) is 4. The number of nitrogens with one attached hydrogen (secondary N) is 1. The molecule has 1 atom stereocenters. The van der Waals surface area contributed by atoms with Gasteiger partial charge in [0.1, 0.15) is 12.2 Å². The topological polar surface area (TPSA) is 60.6 Å². The molecule has 0 amide bonds. The second-order valence-electron chi connectivity index (χ2n) is 5.90. The van der Waals surface area contributed by atoms with E-state index in [1.54, 1.807) is 0 Å². The molecule has 6 heteroatoms. The first-order valence-corrected chi connectivity index (χ1v) is 7.79. The third-order valence-corrected chi connectivity index (χ3v) is 4.49. The van der Waals surface area contributed by atoms with Crippen molar-refractivity contribution in [2.24, 2.45) is 5.92 Å². The minimum Gasteiger partial charge on any atom is -0.317 e. The zero-order valence-corrected chi connectivity index (χ0v) is 13.1. The van der Waals surface area contributed by atoms with E-state index in [0.29, 0.717) is 5.92 Å². The van der Waals surface area contributed by atoms with Crippen molar-refractivity contribution < 1.29 is 0 Å². The highest BCUT2D eigenvalue weighted by Gasteiger charge is 2.19. The first-order valence-electron chi connectivity index (χ1n) is 7.79. The van der Waals surface area contributed by atoms with Crippen molar-refractivity contribution in [3.63, 3.8) is 0 Å². The molecular formula is C15H24N6. The molecule has 21 heavy (non-hydrogen) atoms. The van der Waals surface area contributed by atoms with Crippen LogP contribution in [0.2, 0.25) is 0 Å². The Morgan fingerprint density at radius 3 is 3.00 bits per heavy atom. The Morgan fingerprint density at radius 2 is 2.24 bits per heavy atom. The van der Waals surface area contributed by atoms with Gasteiger partial charge >= 0.3 is 0 Å². The summed E-state index contributed by atoms with van der Waals surface area (Å²) >= 11 is 0. The minimum atomic E-state index is 0.662. The summed E-state index contributed by atoms with van der Waals surface area (Å²) in [4.78, 5) is 0. The average molecular weight is 288 g/mol. The first-order chi connectivity index (χ1) is 10.2. The van der Waals surface area contributed by atoms with Gasteiger partial charge in [0.05, 0.1) is 5.69 Å². The Morgan fingerprint density at radius 1 is 1.38 bits per heavy atom. The standard InChI is InChI=1S/C15H24N6/c1-4-21-12(3)14(11(2)19-21)8-16-7-13-5-6-15-18-17-10-20(15)9-13/h10,13,16H,4-9H2,1-3H3.